The van der Waals surface area contributed by atoms with E-state index < -0.39 is 11.6 Å². The van der Waals surface area contributed by atoms with Crippen LogP contribution in [0.4, 0.5) is 0 Å². The van der Waals surface area contributed by atoms with E-state index in [1.165, 1.54) is 11.8 Å². The Morgan fingerprint density at radius 3 is 3.00 bits per heavy atom. The van der Waals surface area contributed by atoms with Gasteiger partial charge in [0, 0.05) is 5.56 Å². The third-order valence-corrected chi connectivity index (χ3v) is 5.22. The Bertz CT molecular complexity index is 702. The summed E-state index contributed by atoms with van der Waals surface area (Å²) in [5.74, 6) is 0.602. The van der Waals surface area contributed by atoms with Crippen LogP contribution in [0.3, 0.4) is 0 Å². The van der Waals surface area contributed by atoms with Gasteiger partial charge in [-0.1, -0.05) is 30.0 Å². The summed E-state index contributed by atoms with van der Waals surface area (Å²) in [5.41, 5.74) is -0.0488. The molecule has 6 heteroatoms. The molecule has 21 heavy (non-hydrogen) atoms. The molecule has 108 valence electrons. The molecule has 1 fully saturated rings. The number of hydrogen-bond acceptors (Lipinski definition) is 5. The predicted molar refractivity (Wildman–Crippen MR) is 79.1 cm³/mol. The molecule has 0 radical (unpaired) electrons. The van der Waals surface area contributed by atoms with Gasteiger partial charge in [0.25, 0.3) is 0 Å². The fourth-order valence-corrected chi connectivity index (χ4v) is 4.47. The molecule has 3 heterocycles. The lowest BCUT2D eigenvalue weighted by Gasteiger charge is -2.49. The summed E-state index contributed by atoms with van der Waals surface area (Å²) in [7, 11) is 0. The van der Waals surface area contributed by atoms with Crippen LogP contribution in [-0.4, -0.2) is 33.2 Å². The number of ketones is 1. The maximum absolute atomic E-state index is 12.3. The second kappa shape index (κ2) is 4.10. The van der Waals surface area contributed by atoms with Gasteiger partial charge >= 0.3 is 0 Å². The van der Waals surface area contributed by atoms with Crippen molar-refractivity contribution in [3.05, 3.63) is 29.8 Å². The number of hydrogen-bond donors (Lipinski definition) is 0. The van der Waals surface area contributed by atoms with Gasteiger partial charge < -0.3 is 4.74 Å². The number of nitrogens with zero attached hydrogens (tertiary/aromatic N) is 2. The van der Waals surface area contributed by atoms with Gasteiger partial charge in [-0.05, 0) is 19.9 Å². The zero-order valence-corrected chi connectivity index (χ0v) is 12.5. The van der Waals surface area contributed by atoms with E-state index >= 15 is 0 Å². The van der Waals surface area contributed by atoms with Crippen LogP contribution in [-0.2, 0) is 9.59 Å². The summed E-state index contributed by atoms with van der Waals surface area (Å²) < 4.78 is 6.05. The number of fused-ring (bicyclic) bond motifs is 6. The molecule has 1 aromatic rings. The first-order chi connectivity index (χ1) is 10.0. The number of rotatable bonds is 1. The molecule has 1 saturated heterocycles. The number of carbonyl (C=O) groups excluding carboxylic acids is 2. The molecule has 3 aliphatic rings. The number of carbonyl (C=O) groups is 2. The summed E-state index contributed by atoms with van der Waals surface area (Å²) in [6, 6.07) is 7.27. The summed E-state index contributed by atoms with van der Waals surface area (Å²) >= 11 is 1.41. The van der Waals surface area contributed by atoms with Crippen molar-refractivity contribution in [2.45, 2.75) is 25.6 Å². The lowest BCUT2D eigenvalue weighted by molar-refractivity contribution is -0.140. The highest BCUT2D eigenvalue weighted by molar-refractivity contribution is 8.15. The third kappa shape index (κ3) is 1.62. The quantitative estimate of drug-likeness (QED) is 0.796. The fraction of sp³-hybridized carbons (Fsp3) is 0.400. The number of benzene rings is 1. The normalized spacial score (nSPS) is 33.0. The van der Waals surface area contributed by atoms with Gasteiger partial charge in [0.2, 0.25) is 11.6 Å². The summed E-state index contributed by atoms with van der Waals surface area (Å²) in [5, 5.41) is 0.666. The summed E-state index contributed by atoms with van der Waals surface area (Å²) in [4.78, 5) is 30.8. The molecule has 1 aromatic carbocycles. The Labute approximate surface area is 126 Å². The van der Waals surface area contributed by atoms with Crippen molar-refractivity contribution in [3.8, 4) is 5.75 Å². The molecule has 3 aliphatic heterocycles. The monoisotopic (exact) mass is 302 g/mol. The fourth-order valence-electron chi connectivity index (χ4n) is 3.48. The van der Waals surface area contributed by atoms with Gasteiger partial charge in [0.1, 0.15) is 17.5 Å². The van der Waals surface area contributed by atoms with Crippen LogP contribution in [0.25, 0.3) is 0 Å². The van der Waals surface area contributed by atoms with Gasteiger partial charge in [-0.3, -0.25) is 14.5 Å². The smallest absolute Gasteiger partial charge is 0.239 e. The average molecular weight is 302 g/mol. The molecule has 0 unspecified atom stereocenters. The Balaban J connectivity index is 1.99. The highest BCUT2D eigenvalue weighted by Crippen LogP contribution is 2.52. The molecular formula is C15H14N2O3S. The van der Waals surface area contributed by atoms with E-state index in [1.807, 2.05) is 31.2 Å². The first-order valence-electron chi connectivity index (χ1n) is 6.84. The van der Waals surface area contributed by atoms with Gasteiger partial charge in [-0.15, -0.1) is 0 Å². The van der Waals surface area contributed by atoms with Crippen molar-refractivity contribution < 1.29 is 14.3 Å². The minimum Gasteiger partial charge on any atom is -0.465 e. The standard InChI is InChI=1S/C15H14N2O3S/c1-8(18)12-13-9-5-3-4-6-10(9)20-15(12,2)16-14-17(13)11(19)7-21-14/h3-6,12-13H,7H2,1-2H3/t12-,13-,15-/m0/s1. The van der Waals surface area contributed by atoms with Crippen LogP contribution >= 0.6 is 11.8 Å². The number of amidine groups is 1. The van der Waals surface area contributed by atoms with E-state index in [4.69, 9.17) is 4.74 Å². The lowest BCUT2D eigenvalue weighted by atomic mass is 9.78. The Hall–Kier alpha value is -1.82. The maximum Gasteiger partial charge on any atom is 0.239 e. The van der Waals surface area contributed by atoms with Crippen LogP contribution in [0.2, 0.25) is 0 Å². The van der Waals surface area contributed by atoms with Crippen molar-refractivity contribution in [2.75, 3.05) is 5.75 Å². The number of ether oxygens (including phenoxy) is 1. The zero-order valence-electron chi connectivity index (χ0n) is 11.7. The van der Waals surface area contributed by atoms with Gasteiger partial charge in [0.15, 0.2) is 5.17 Å². The largest absolute Gasteiger partial charge is 0.465 e. The van der Waals surface area contributed by atoms with Gasteiger partial charge in [-0.2, -0.15) is 0 Å². The average Bonchev–Trinajstić information content (AvgIpc) is 2.77. The molecule has 1 amide bonds. The van der Waals surface area contributed by atoms with Crippen molar-refractivity contribution in [1.82, 2.24) is 4.90 Å². The molecule has 0 N–H and O–H groups in total. The molecule has 2 bridgehead atoms. The second-order valence-corrected chi connectivity index (χ2v) is 6.62. The molecule has 5 nitrogen and oxygen atoms in total. The first-order valence-corrected chi connectivity index (χ1v) is 7.83. The van der Waals surface area contributed by atoms with Crippen molar-refractivity contribution in [3.63, 3.8) is 0 Å². The number of thioether (sulfide) groups is 1. The van der Waals surface area contributed by atoms with Crippen molar-refractivity contribution in [2.24, 2.45) is 10.9 Å². The highest BCUT2D eigenvalue weighted by atomic mass is 32.2. The number of aliphatic imine (C=N–C) groups is 1. The van der Waals surface area contributed by atoms with Crippen molar-refractivity contribution >= 4 is 28.6 Å². The van der Waals surface area contributed by atoms with Crippen LogP contribution in [0.15, 0.2) is 29.3 Å². The van der Waals surface area contributed by atoms with E-state index in [9.17, 15) is 9.59 Å². The van der Waals surface area contributed by atoms with Crippen LogP contribution in [0.1, 0.15) is 25.5 Å². The Kier molecular flexibility index (Phi) is 2.52. The second-order valence-electron chi connectivity index (χ2n) is 5.67. The van der Waals surface area contributed by atoms with E-state index in [1.54, 1.807) is 11.8 Å². The predicted octanol–water partition coefficient (Wildman–Crippen LogP) is 1.99. The molecule has 3 atom stereocenters. The van der Waals surface area contributed by atoms with E-state index in [0.717, 1.165) is 5.56 Å². The lowest BCUT2D eigenvalue weighted by Crippen LogP contribution is -2.58. The van der Waals surface area contributed by atoms with Crippen LogP contribution in [0.5, 0.6) is 5.75 Å². The molecule has 0 aliphatic carbocycles. The Morgan fingerprint density at radius 2 is 2.24 bits per heavy atom. The van der Waals surface area contributed by atoms with E-state index in [2.05, 4.69) is 4.99 Å². The van der Waals surface area contributed by atoms with Gasteiger partial charge in [0.05, 0.1) is 11.8 Å². The molecule has 4 rings (SSSR count). The minimum absolute atomic E-state index is 0.00810. The third-order valence-electron chi connectivity index (χ3n) is 4.28. The highest BCUT2D eigenvalue weighted by Gasteiger charge is 2.58. The van der Waals surface area contributed by atoms with E-state index in [-0.39, 0.29) is 17.7 Å². The number of Topliss-reactive ketones (excluding diaryl/α,β-unsaturated/α-hetero) is 1. The van der Waals surface area contributed by atoms with Crippen LogP contribution in [0, 0.1) is 5.92 Å². The zero-order chi connectivity index (χ0) is 14.8. The van der Waals surface area contributed by atoms with Gasteiger partial charge in [-0.25, -0.2) is 4.99 Å². The Morgan fingerprint density at radius 1 is 1.48 bits per heavy atom. The first kappa shape index (κ1) is 12.9. The number of amides is 1. The molecule has 0 aromatic heterocycles. The molecular weight excluding hydrogens is 288 g/mol. The molecule has 0 spiro atoms. The minimum atomic E-state index is -0.936. The number of para-hydroxylation sites is 1. The van der Waals surface area contributed by atoms with E-state index in [0.29, 0.717) is 16.7 Å². The van der Waals surface area contributed by atoms with Crippen molar-refractivity contribution in [1.29, 1.82) is 0 Å². The summed E-state index contributed by atoms with van der Waals surface area (Å²) in [6.45, 7) is 3.37. The maximum atomic E-state index is 12.3. The topological polar surface area (TPSA) is 59.0 Å². The van der Waals surface area contributed by atoms with Crippen LogP contribution < -0.4 is 4.74 Å². The SMILES string of the molecule is CC(=O)[C@H]1[C@@H]2c3ccccc3O[C@]1(C)N=C1SCC(=O)N12. The summed E-state index contributed by atoms with van der Waals surface area (Å²) in [6.07, 6.45) is 0. The molecule has 0 saturated carbocycles.